The first kappa shape index (κ1) is 22.0. The molecular formula is C26H34N4O3. The molecule has 0 radical (unpaired) electrons. The number of carbonyl (C=O) groups excluding carboxylic acids is 1. The molecule has 7 nitrogen and oxygen atoms in total. The molecule has 2 aliphatic carbocycles. The highest BCUT2D eigenvalue weighted by atomic mass is 16.5. The Balaban J connectivity index is 1.46. The number of fused-ring (bicyclic) bond motifs is 1. The van der Waals surface area contributed by atoms with Crippen LogP contribution in [-0.4, -0.2) is 27.1 Å². The van der Waals surface area contributed by atoms with Gasteiger partial charge in [-0.15, -0.1) is 0 Å². The summed E-state index contributed by atoms with van der Waals surface area (Å²) in [7, 11) is 0. The molecule has 2 saturated carbocycles. The minimum atomic E-state index is -0.198. The average molecular weight is 451 g/mol. The van der Waals surface area contributed by atoms with Crippen molar-refractivity contribution in [2.45, 2.75) is 89.7 Å². The van der Waals surface area contributed by atoms with Gasteiger partial charge in [-0.05, 0) is 63.5 Å². The molecule has 0 bridgehead atoms. The van der Waals surface area contributed by atoms with Gasteiger partial charge in [-0.2, -0.15) is 0 Å². The highest BCUT2D eigenvalue weighted by Gasteiger charge is 2.30. The summed E-state index contributed by atoms with van der Waals surface area (Å²) in [4.78, 5) is 21.7. The number of hydrogen-bond acceptors (Lipinski definition) is 5. The quantitative estimate of drug-likeness (QED) is 0.479. The summed E-state index contributed by atoms with van der Waals surface area (Å²) < 4.78 is 11.3. The minimum Gasteiger partial charge on any atom is -0.488 e. The van der Waals surface area contributed by atoms with Gasteiger partial charge in [-0.3, -0.25) is 4.79 Å². The number of aromatic nitrogens is 3. The molecule has 2 fully saturated rings. The first-order valence-electron chi connectivity index (χ1n) is 12.6. The van der Waals surface area contributed by atoms with E-state index in [1.807, 2.05) is 18.2 Å². The molecule has 1 aromatic carbocycles. The van der Waals surface area contributed by atoms with Crippen molar-refractivity contribution in [2.24, 2.45) is 5.92 Å². The Hall–Kier alpha value is -2.83. The van der Waals surface area contributed by atoms with Crippen molar-refractivity contribution in [3.05, 3.63) is 41.5 Å². The summed E-state index contributed by atoms with van der Waals surface area (Å²) in [6.07, 6.45) is 14.7. The average Bonchev–Trinajstić information content (AvgIpc) is 3.53. The van der Waals surface area contributed by atoms with Crippen molar-refractivity contribution in [1.82, 2.24) is 20.4 Å². The first-order valence-corrected chi connectivity index (χ1v) is 12.6. The van der Waals surface area contributed by atoms with Gasteiger partial charge in [0.2, 0.25) is 0 Å². The topological polar surface area (TPSA) is 93.0 Å². The fourth-order valence-corrected chi connectivity index (χ4v) is 5.41. The van der Waals surface area contributed by atoms with Crippen LogP contribution in [0.4, 0.5) is 0 Å². The van der Waals surface area contributed by atoms with Crippen LogP contribution in [0, 0.1) is 12.8 Å². The molecule has 2 heterocycles. The van der Waals surface area contributed by atoms with E-state index in [-0.39, 0.29) is 18.1 Å². The van der Waals surface area contributed by atoms with E-state index in [4.69, 9.17) is 14.2 Å². The fraction of sp³-hybridized carbons (Fsp3) is 0.577. The number of hydrogen-bond donors (Lipinski definition) is 2. The van der Waals surface area contributed by atoms with Crippen LogP contribution in [0.15, 0.2) is 29.0 Å². The monoisotopic (exact) mass is 450 g/mol. The number of H-pyrrole nitrogens is 1. The second-order valence-electron chi connectivity index (χ2n) is 9.67. The number of imidazole rings is 1. The maximum atomic E-state index is 13.1. The Morgan fingerprint density at radius 3 is 2.55 bits per heavy atom. The lowest BCUT2D eigenvalue weighted by molar-refractivity contribution is 0.0911. The van der Waals surface area contributed by atoms with Crippen molar-refractivity contribution in [2.75, 3.05) is 0 Å². The van der Waals surface area contributed by atoms with E-state index in [1.54, 1.807) is 6.92 Å². The van der Waals surface area contributed by atoms with Crippen molar-refractivity contribution in [3.8, 4) is 5.75 Å². The summed E-state index contributed by atoms with van der Waals surface area (Å²) in [5.41, 5.74) is 2.88. The number of benzene rings is 1. The summed E-state index contributed by atoms with van der Waals surface area (Å²) >= 11 is 0. The first-order chi connectivity index (χ1) is 16.2. The lowest BCUT2D eigenvalue weighted by Gasteiger charge is -2.28. The second kappa shape index (κ2) is 9.98. The van der Waals surface area contributed by atoms with E-state index in [0.717, 1.165) is 48.3 Å². The molecule has 2 N–H and O–H groups in total. The molecular weight excluding hydrogens is 416 g/mol. The zero-order valence-corrected chi connectivity index (χ0v) is 19.4. The zero-order valence-electron chi connectivity index (χ0n) is 19.4. The third-order valence-corrected chi connectivity index (χ3v) is 7.29. The molecule has 2 aliphatic rings. The molecule has 1 atom stereocenters. The van der Waals surface area contributed by atoms with Gasteiger partial charge in [-0.25, -0.2) is 4.98 Å². The zero-order chi connectivity index (χ0) is 22.6. The van der Waals surface area contributed by atoms with E-state index in [0.29, 0.717) is 17.2 Å². The Morgan fingerprint density at radius 1 is 1.09 bits per heavy atom. The lowest BCUT2D eigenvalue weighted by Crippen LogP contribution is -2.35. The number of ether oxygens (including phenoxy) is 1. The van der Waals surface area contributed by atoms with Crippen LogP contribution < -0.4 is 10.1 Å². The molecule has 7 heteroatoms. The maximum Gasteiger partial charge on any atom is 0.257 e. The molecule has 33 heavy (non-hydrogen) atoms. The molecule has 0 spiro atoms. The Morgan fingerprint density at radius 2 is 1.82 bits per heavy atom. The van der Waals surface area contributed by atoms with Crippen LogP contribution in [0.25, 0.3) is 11.0 Å². The molecule has 5 rings (SSSR count). The van der Waals surface area contributed by atoms with Gasteiger partial charge in [-0.1, -0.05) is 43.3 Å². The van der Waals surface area contributed by atoms with Crippen LogP contribution in [-0.2, 0) is 0 Å². The standard InChI is InChI=1S/C26H34N4O3/c1-17-20(16-32-30-17)26(31)29-23(18-10-5-3-2-4-6-11-18)25-27-21-14-9-15-22(24(21)28-25)33-19-12-7-8-13-19/h9,14-16,18-19,23H,2-8,10-13H2,1H3,(H,27,28)(H,29,31). The second-order valence-corrected chi connectivity index (χ2v) is 9.67. The van der Waals surface area contributed by atoms with Gasteiger partial charge in [0.1, 0.15) is 28.9 Å². The summed E-state index contributed by atoms with van der Waals surface area (Å²) in [6, 6.07) is 5.86. The summed E-state index contributed by atoms with van der Waals surface area (Å²) in [5, 5.41) is 7.15. The smallest absolute Gasteiger partial charge is 0.257 e. The summed E-state index contributed by atoms with van der Waals surface area (Å²) in [6.45, 7) is 1.79. The number of para-hydroxylation sites is 1. The molecule has 176 valence electrons. The van der Waals surface area contributed by atoms with E-state index in [9.17, 15) is 4.79 Å². The van der Waals surface area contributed by atoms with Crippen molar-refractivity contribution < 1.29 is 14.1 Å². The largest absolute Gasteiger partial charge is 0.488 e. The fourth-order valence-electron chi connectivity index (χ4n) is 5.41. The molecule has 1 unspecified atom stereocenters. The maximum absolute atomic E-state index is 13.1. The number of amides is 1. The molecule has 0 saturated heterocycles. The normalized spacial score (nSPS) is 19.3. The third kappa shape index (κ3) is 4.92. The van der Waals surface area contributed by atoms with Gasteiger partial charge in [0, 0.05) is 0 Å². The SMILES string of the molecule is Cc1nocc1C(=O)NC(c1nc2c(OC3CCCC3)cccc2[nH]1)C1CCCCCCC1. The third-order valence-electron chi connectivity index (χ3n) is 7.29. The van der Waals surface area contributed by atoms with Crippen LogP contribution in [0.1, 0.15) is 98.5 Å². The van der Waals surface area contributed by atoms with E-state index >= 15 is 0 Å². The van der Waals surface area contributed by atoms with Crippen molar-refractivity contribution in [3.63, 3.8) is 0 Å². The number of carbonyl (C=O) groups is 1. The minimum absolute atomic E-state index is 0.163. The Kier molecular flexibility index (Phi) is 6.65. The number of nitrogens with zero attached hydrogens (tertiary/aromatic N) is 2. The van der Waals surface area contributed by atoms with Gasteiger partial charge in [0.15, 0.2) is 0 Å². The molecule has 3 aromatic rings. The lowest BCUT2D eigenvalue weighted by atomic mass is 9.85. The Bertz CT molecular complexity index is 1070. The van der Waals surface area contributed by atoms with Crippen molar-refractivity contribution >= 4 is 16.9 Å². The highest BCUT2D eigenvalue weighted by Crippen LogP contribution is 2.35. The van der Waals surface area contributed by atoms with Gasteiger partial charge < -0.3 is 19.6 Å². The van der Waals surface area contributed by atoms with Gasteiger partial charge in [0.25, 0.3) is 5.91 Å². The van der Waals surface area contributed by atoms with Gasteiger partial charge >= 0.3 is 0 Å². The number of nitrogens with one attached hydrogen (secondary N) is 2. The predicted molar refractivity (Wildman–Crippen MR) is 126 cm³/mol. The van der Waals surface area contributed by atoms with E-state index in [2.05, 4.69) is 15.5 Å². The number of aryl methyl sites for hydroxylation is 1. The Labute approximate surface area is 194 Å². The summed E-state index contributed by atoms with van der Waals surface area (Å²) in [5.74, 6) is 1.80. The highest BCUT2D eigenvalue weighted by molar-refractivity contribution is 5.95. The number of rotatable bonds is 6. The van der Waals surface area contributed by atoms with Gasteiger partial charge in [0.05, 0.1) is 23.4 Å². The van der Waals surface area contributed by atoms with Crippen LogP contribution in [0.5, 0.6) is 5.75 Å². The van der Waals surface area contributed by atoms with E-state index < -0.39 is 0 Å². The van der Waals surface area contributed by atoms with Crippen molar-refractivity contribution in [1.29, 1.82) is 0 Å². The number of aromatic amines is 1. The molecule has 2 aromatic heterocycles. The van der Waals surface area contributed by atoms with Crippen LogP contribution >= 0.6 is 0 Å². The van der Waals surface area contributed by atoms with Crippen LogP contribution in [0.2, 0.25) is 0 Å². The van der Waals surface area contributed by atoms with E-state index in [1.165, 1.54) is 51.2 Å². The predicted octanol–water partition coefficient (Wildman–Crippen LogP) is 6.01. The molecule has 1 amide bonds. The van der Waals surface area contributed by atoms with Crippen LogP contribution in [0.3, 0.4) is 0 Å². The molecule has 0 aliphatic heterocycles.